The van der Waals surface area contributed by atoms with Crippen LogP contribution in [0.15, 0.2) is 18.2 Å². The van der Waals surface area contributed by atoms with E-state index < -0.39 is 33.5 Å². The van der Waals surface area contributed by atoms with Crippen molar-refractivity contribution in [2.75, 3.05) is 24.3 Å². The zero-order valence-electron chi connectivity index (χ0n) is 11.7. The van der Waals surface area contributed by atoms with Crippen LogP contribution in [-0.2, 0) is 16.0 Å². The van der Waals surface area contributed by atoms with E-state index in [1.807, 2.05) is 0 Å². The summed E-state index contributed by atoms with van der Waals surface area (Å²) in [6, 6.07) is 1.96. The Morgan fingerprint density at radius 1 is 1.36 bits per heavy atom. The Labute approximate surface area is 125 Å². The third-order valence-corrected chi connectivity index (χ3v) is 5.44. The fourth-order valence-corrected chi connectivity index (χ4v) is 4.13. The molecule has 0 radical (unpaired) electrons. The van der Waals surface area contributed by atoms with Gasteiger partial charge in [-0.05, 0) is 24.6 Å². The molecule has 1 fully saturated rings. The van der Waals surface area contributed by atoms with Crippen molar-refractivity contribution in [3.05, 3.63) is 29.3 Å². The largest absolute Gasteiger partial charge is 0.416 e. The minimum Gasteiger partial charge on any atom is -0.398 e. The highest BCUT2D eigenvalue weighted by Crippen LogP contribution is 2.32. The molecule has 0 aromatic heterocycles. The number of hydrogen-bond acceptors (Lipinski definition) is 4. The zero-order valence-corrected chi connectivity index (χ0v) is 12.5. The Balaban J connectivity index is 2.29. The molecule has 1 aromatic rings. The Morgan fingerprint density at radius 2 is 2.00 bits per heavy atom. The first-order valence-corrected chi connectivity index (χ1v) is 8.28. The van der Waals surface area contributed by atoms with Crippen LogP contribution in [-0.4, -0.2) is 43.8 Å². The normalized spacial score (nSPS) is 20.8. The van der Waals surface area contributed by atoms with Crippen molar-refractivity contribution in [3.63, 3.8) is 0 Å². The van der Waals surface area contributed by atoms with Crippen molar-refractivity contribution in [1.82, 2.24) is 4.90 Å². The first kappa shape index (κ1) is 16.6. The summed E-state index contributed by atoms with van der Waals surface area (Å²) >= 11 is 0. The van der Waals surface area contributed by atoms with Gasteiger partial charge in [0.05, 0.1) is 22.6 Å². The van der Waals surface area contributed by atoms with Crippen LogP contribution in [0.3, 0.4) is 0 Å². The van der Waals surface area contributed by atoms with E-state index in [0.717, 1.165) is 17.0 Å². The summed E-state index contributed by atoms with van der Waals surface area (Å²) < 4.78 is 61.1. The van der Waals surface area contributed by atoms with Gasteiger partial charge in [-0.1, -0.05) is 0 Å². The fraction of sp³-hybridized carbons (Fsp3) is 0.462. The molecular weight excluding hydrogens is 321 g/mol. The van der Waals surface area contributed by atoms with E-state index in [-0.39, 0.29) is 29.2 Å². The number of alkyl halides is 3. The van der Waals surface area contributed by atoms with Crippen LogP contribution in [0.4, 0.5) is 18.9 Å². The molecule has 9 heteroatoms. The van der Waals surface area contributed by atoms with Crippen molar-refractivity contribution >= 4 is 21.4 Å². The van der Waals surface area contributed by atoms with Crippen LogP contribution in [0.5, 0.6) is 0 Å². The minimum absolute atomic E-state index is 0.0344. The number of nitrogen functional groups attached to an aromatic ring is 1. The molecular formula is C13H15F3N2O3S. The van der Waals surface area contributed by atoms with Crippen LogP contribution in [0.25, 0.3) is 0 Å². The van der Waals surface area contributed by atoms with Gasteiger partial charge in [0.2, 0.25) is 0 Å². The van der Waals surface area contributed by atoms with Crippen LogP contribution in [0.1, 0.15) is 22.3 Å². The summed E-state index contributed by atoms with van der Waals surface area (Å²) in [6.45, 7) is 0. The van der Waals surface area contributed by atoms with Crippen LogP contribution >= 0.6 is 0 Å². The van der Waals surface area contributed by atoms with Gasteiger partial charge in [-0.25, -0.2) is 8.42 Å². The third-order valence-electron chi connectivity index (χ3n) is 3.69. The molecule has 1 aliphatic heterocycles. The quantitative estimate of drug-likeness (QED) is 0.831. The van der Waals surface area contributed by atoms with Crippen LogP contribution < -0.4 is 5.73 Å². The molecule has 2 N–H and O–H groups in total. The van der Waals surface area contributed by atoms with Gasteiger partial charge in [0, 0.05) is 18.8 Å². The number of anilines is 1. The van der Waals surface area contributed by atoms with E-state index in [9.17, 15) is 26.4 Å². The Bertz CT molecular complexity index is 701. The van der Waals surface area contributed by atoms with Gasteiger partial charge in [-0.3, -0.25) is 4.79 Å². The number of rotatable bonds is 2. The van der Waals surface area contributed by atoms with Crippen molar-refractivity contribution < 1.29 is 26.4 Å². The highest BCUT2D eigenvalue weighted by Gasteiger charge is 2.35. The van der Waals surface area contributed by atoms with E-state index in [2.05, 4.69) is 0 Å². The van der Waals surface area contributed by atoms with Gasteiger partial charge in [0.25, 0.3) is 5.91 Å². The Hall–Kier alpha value is -1.77. The molecule has 2 rings (SSSR count). The lowest BCUT2D eigenvalue weighted by Crippen LogP contribution is -2.38. The number of nitrogens with zero attached hydrogens (tertiary/aromatic N) is 1. The average molecular weight is 336 g/mol. The Kier molecular flexibility index (Phi) is 4.12. The average Bonchev–Trinajstić information content (AvgIpc) is 2.76. The van der Waals surface area contributed by atoms with Gasteiger partial charge < -0.3 is 10.6 Å². The lowest BCUT2D eigenvalue weighted by atomic mass is 10.1. The first-order valence-electron chi connectivity index (χ1n) is 6.45. The number of halogens is 3. The smallest absolute Gasteiger partial charge is 0.398 e. The minimum atomic E-state index is -4.59. The number of benzene rings is 1. The highest BCUT2D eigenvalue weighted by molar-refractivity contribution is 7.91. The fourth-order valence-electron chi connectivity index (χ4n) is 2.35. The molecule has 0 saturated carbocycles. The lowest BCUT2D eigenvalue weighted by molar-refractivity contribution is -0.137. The maximum absolute atomic E-state index is 12.7. The van der Waals surface area contributed by atoms with Gasteiger partial charge in [0.1, 0.15) is 0 Å². The van der Waals surface area contributed by atoms with Crippen molar-refractivity contribution in [2.24, 2.45) is 0 Å². The summed E-state index contributed by atoms with van der Waals surface area (Å²) in [5, 5.41) is 0. The molecule has 0 spiro atoms. The highest BCUT2D eigenvalue weighted by atomic mass is 32.2. The summed E-state index contributed by atoms with van der Waals surface area (Å²) in [4.78, 5) is 13.5. The summed E-state index contributed by atoms with van der Waals surface area (Å²) in [5.41, 5.74) is 4.26. The summed E-state index contributed by atoms with van der Waals surface area (Å²) in [6.07, 6.45) is -4.32. The third kappa shape index (κ3) is 3.34. The number of sulfone groups is 1. The topological polar surface area (TPSA) is 80.5 Å². The molecule has 1 aromatic carbocycles. The Morgan fingerprint density at radius 3 is 2.50 bits per heavy atom. The molecule has 1 atom stereocenters. The molecule has 0 aliphatic carbocycles. The van der Waals surface area contributed by atoms with Gasteiger partial charge in [0.15, 0.2) is 9.84 Å². The number of carbonyl (C=O) groups excluding carboxylic acids is 1. The molecule has 0 bridgehead atoms. The molecule has 5 nitrogen and oxygen atoms in total. The number of carbonyl (C=O) groups is 1. The van der Waals surface area contributed by atoms with Crippen molar-refractivity contribution in [2.45, 2.75) is 18.6 Å². The summed E-state index contributed by atoms with van der Waals surface area (Å²) in [5.74, 6) is -0.938. The van der Waals surface area contributed by atoms with Crippen LogP contribution in [0.2, 0.25) is 0 Å². The standard InChI is InChI=1S/C13H15F3N2O3S/c1-18(9-4-5-22(20,21)7-9)12(19)10-6-8(13(14,15)16)2-3-11(10)17/h2-3,6,9H,4-5,7,17H2,1H3. The monoisotopic (exact) mass is 336 g/mol. The second kappa shape index (κ2) is 5.45. The maximum Gasteiger partial charge on any atom is 0.416 e. The van der Waals surface area contributed by atoms with E-state index in [0.29, 0.717) is 6.07 Å². The van der Waals surface area contributed by atoms with Crippen molar-refractivity contribution in [3.8, 4) is 0 Å². The van der Waals surface area contributed by atoms with E-state index >= 15 is 0 Å². The first-order chi connectivity index (χ1) is 10.0. The maximum atomic E-state index is 12.7. The number of amides is 1. The molecule has 122 valence electrons. The van der Waals surface area contributed by atoms with Gasteiger partial charge in [-0.15, -0.1) is 0 Å². The van der Waals surface area contributed by atoms with Gasteiger partial charge >= 0.3 is 6.18 Å². The molecule has 22 heavy (non-hydrogen) atoms. The second-order valence-corrected chi connectivity index (χ2v) is 7.50. The predicted octanol–water partition coefficient (Wildman–Crippen LogP) is 1.55. The molecule has 1 amide bonds. The SMILES string of the molecule is CN(C(=O)c1cc(C(F)(F)F)ccc1N)C1CCS(=O)(=O)C1. The zero-order chi connectivity index (χ0) is 16.7. The number of nitrogens with two attached hydrogens (primary N) is 1. The van der Waals surface area contributed by atoms with E-state index in [4.69, 9.17) is 5.73 Å². The molecule has 1 unspecified atom stereocenters. The number of hydrogen-bond donors (Lipinski definition) is 1. The van der Waals surface area contributed by atoms with E-state index in [1.54, 1.807) is 0 Å². The predicted molar refractivity (Wildman–Crippen MR) is 75.0 cm³/mol. The molecule has 1 aliphatic rings. The summed E-state index contributed by atoms with van der Waals surface area (Å²) in [7, 11) is -1.83. The lowest BCUT2D eigenvalue weighted by Gasteiger charge is -2.24. The van der Waals surface area contributed by atoms with Crippen molar-refractivity contribution in [1.29, 1.82) is 0 Å². The molecule has 1 saturated heterocycles. The van der Waals surface area contributed by atoms with Crippen LogP contribution in [0, 0.1) is 0 Å². The molecule has 1 heterocycles. The second-order valence-electron chi connectivity index (χ2n) is 5.27. The van der Waals surface area contributed by atoms with Gasteiger partial charge in [-0.2, -0.15) is 13.2 Å². The van der Waals surface area contributed by atoms with E-state index in [1.165, 1.54) is 7.05 Å².